The van der Waals surface area contributed by atoms with Gasteiger partial charge in [0.1, 0.15) is 5.72 Å². The third-order valence-corrected chi connectivity index (χ3v) is 2.05. The van der Waals surface area contributed by atoms with Gasteiger partial charge in [-0.15, -0.1) is 0 Å². The maximum absolute atomic E-state index is 10.8. The van der Waals surface area contributed by atoms with E-state index in [0.29, 0.717) is 13.2 Å². The van der Waals surface area contributed by atoms with Gasteiger partial charge in [-0.2, -0.15) is 0 Å². The SMILES string of the molecule is CC1(C)OCC(CN)N1C(=O)O. The van der Waals surface area contributed by atoms with E-state index in [9.17, 15) is 4.79 Å². The van der Waals surface area contributed by atoms with Crippen LogP contribution in [0, 0.1) is 0 Å². The lowest BCUT2D eigenvalue weighted by molar-refractivity contribution is -0.0417. The van der Waals surface area contributed by atoms with Gasteiger partial charge in [-0.3, -0.25) is 4.90 Å². The van der Waals surface area contributed by atoms with E-state index in [4.69, 9.17) is 15.6 Å². The number of nitrogens with zero attached hydrogens (tertiary/aromatic N) is 1. The zero-order valence-corrected chi connectivity index (χ0v) is 7.28. The fourth-order valence-corrected chi connectivity index (χ4v) is 1.44. The van der Waals surface area contributed by atoms with Crippen molar-refractivity contribution < 1.29 is 14.6 Å². The average molecular weight is 174 g/mol. The molecule has 1 rings (SSSR count). The van der Waals surface area contributed by atoms with Gasteiger partial charge in [0.2, 0.25) is 0 Å². The quantitative estimate of drug-likeness (QED) is 0.589. The summed E-state index contributed by atoms with van der Waals surface area (Å²) < 4.78 is 5.28. The van der Waals surface area contributed by atoms with E-state index in [1.807, 2.05) is 0 Å². The monoisotopic (exact) mass is 174 g/mol. The fourth-order valence-electron chi connectivity index (χ4n) is 1.44. The maximum atomic E-state index is 10.8. The molecule has 5 nitrogen and oxygen atoms in total. The summed E-state index contributed by atoms with van der Waals surface area (Å²) in [5, 5.41) is 8.84. The molecule has 12 heavy (non-hydrogen) atoms. The van der Waals surface area contributed by atoms with Crippen molar-refractivity contribution in [1.82, 2.24) is 4.90 Å². The molecule has 1 unspecified atom stereocenters. The van der Waals surface area contributed by atoms with Crippen LogP contribution in [0.3, 0.4) is 0 Å². The van der Waals surface area contributed by atoms with Crippen LogP contribution in [0.25, 0.3) is 0 Å². The maximum Gasteiger partial charge on any atom is 0.409 e. The highest BCUT2D eigenvalue weighted by Gasteiger charge is 2.43. The van der Waals surface area contributed by atoms with Crippen LogP contribution >= 0.6 is 0 Å². The van der Waals surface area contributed by atoms with Crippen LogP contribution in [0.4, 0.5) is 4.79 Å². The zero-order chi connectivity index (χ0) is 9.35. The van der Waals surface area contributed by atoms with Gasteiger partial charge < -0.3 is 15.6 Å². The third-order valence-electron chi connectivity index (χ3n) is 2.05. The second-order valence-electron chi connectivity index (χ2n) is 3.30. The highest BCUT2D eigenvalue weighted by Crippen LogP contribution is 2.26. The Morgan fingerprint density at radius 3 is 2.75 bits per heavy atom. The number of hydrogen-bond acceptors (Lipinski definition) is 3. The van der Waals surface area contributed by atoms with E-state index in [0.717, 1.165) is 0 Å². The molecule has 0 aromatic heterocycles. The molecule has 0 spiro atoms. The number of carboxylic acid groups (broad SMARTS) is 1. The van der Waals surface area contributed by atoms with Gasteiger partial charge in [-0.1, -0.05) is 0 Å². The molecule has 0 aliphatic carbocycles. The number of ether oxygens (including phenoxy) is 1. The Balaban J connectivity index is 2.80. The van der Waals surface area contributed by atoms with Crippen molar-refractivity contribution in [2.75, 3.05) is 13.2 Å². The molecule has 3 N–H and O–H groups in total. The molecule has 1 aliphatic rings. The van der Waals surface area contributed by atoms with Crippen molar-refractivity contribution >= 4 is 6.09 Å². The first-order valence-corrected chi connectivity index (χ1v) is 3.85. The lowest BCUT2D eigenvalue weighted by Gasteiger charge is -2.30. The van der Waals surface area contributed by atoms with Crippen LogP contribution in [0.5, 0.6) is 0 Å². The summed E-state index contributed by atoms with van der Waals surface area (Å²) in [5.41, 5.74) is 4.66. The number of rotatable bonds is 1. The number of hydrogen-bond donors (Lipinski definition) is 2. The molecule has 1 atom stereocenters. The highest BCUT2D eigenvalue weighted by molar-refractivity contribution is 5.66. The predicted molar refractivity (Wildman–Crippen MR) is 42.7 cm³/mol. The molecule has 5 heteroatoms. The van der Waals surface area contributed by atoms with E-state index < -0.39 is 11.8 Å². The van der Waals surface area contributed by atoms with E-state index in [2.05, 4.69) is 0 Å². The average Bonchev–Trinajstić information content (AvgIpc) is 2.24. The Kier molecular flexibility index (Phi) is 2.25. The van der Waals surface area contributed by atoms with Crippen LogP contribution in [0.15, 0.2) is 0 Å². The van der Waals surface area contributed by atoms with Gasteiger partial charge in [-0.25, -0.2) is 4.79 Å². The van der Waals surface area contributed by atoms with Crippen LogP contribution in [0.1, 0.15) is 13.8 Å². The molecule has 1 saturated heterocycles. The summed E-state index contributed by atoms with van der Waals surface area (Å²) in [6, 6.07) is -0.211. The normalized spacial score (nSPS) is 27.6. The Bertz CT molecular complexity index is 193. The zero-order valence-electron chi connectivity index (χ0n) is 7.28. The molecule has 0 aromatic rings. The minimum atomic E-state index is -0.979. The van der Waals surface area contributed by atoms with Crippen LogP contribution in [-0.2, 0) is 4.74 Å². The number of nitrogens with two attached hydrogens (primary N) is 1. The molecule has 0 radical (unpaired) electrons. The van der Waals surface area contributed by atoms with Gasteiger partial charge >= 0.3 is 6.09 Å². The van der Waals surface area contributed by atoms with Crippen molar-refractivity contribution in [1.29, 1.82) is 0 Å². The lowest BCUT2D eigenvalue weighted by Crippen LogP contribution is -2.49. The van der Waals surface area contributed by atoms with Gasteiger partial charge in [-0.05, 0) is 13.8 Å². The third kappa shape index (κ3) is 1.37. The predicted octanol–water partition coefficient (Wildman–Crippen LogP) is 0.0600. The second kappa shape index (κ2) is 2.91. The summed E-state index contributed by atoms with van der Waals surface area (Å²) in [5.74, 6) is 0. The lowest BCUT2D eigenvalue weighted by atomic mass is 10.2. The minimum absolute atomic E-state index is 0.211. The van der Waals surface area contributed by atoms with Gasteiger partial charge in [0, 0.05) is 6.54 Å². The molecule has 70 valence electrons. The molecule has 0 aromatic carbocycles. The molecule has 0 bridgehead atoms. The van der Waals surface area contributed by atoms with Crippen molar-refractivity contribution in [3.63, 3.8) is 0 Å². The summed E-state index contributed by atoms with van der Waals surface area (Å²) in [4.78, 5) is 12.0. The van der Waals surface area contributed by atoms with Crippen LogP contribution < -0.4 is 5.73 Å². The molecule has 1 amide bonds. The first-order chi connectivity index (χ1) is 5.49. The van der Waals surface area contributed by atoms with E-state index in [1.54, 1.807) is 13.8 Å². The van der Waals surface area contributed by atoms with E-state index >= 15 is 0 Å². The van der Waals surface area contributed by atoms with Gasteiger partial charge in [0.25, 0.3) is 0 Å². The highest BCUT2D eigenvalue weighted by atomic mass is 16.5. The second-order valence-corrected chi connectivity index (χ2v) is 3.30. The smallest absolute Gasteiger partial charge is 0.409 e. The first kappa shape index (κ1) is 9.28. The Labute approximate surface area is 71.1 Å². The molecule has 1 aliphatic heterocycles. The molecule has 1 heterocycles. The first-order valence-electron chi connectivity index (χ1n) is 3.85. The van der Waals surface area contributed by atoms with Crippen molar-refractivity contribution in [2.24, 2.45) is 5.73 Å². The van der Waals surface area contributed by atoms with E-state index in [-0.39, 0.29) is 6.04 Å². The van der Waals surface area contributed by atoms with Crippen molar-refractivity contribution in [3.05, 3.63) is 0 Å². The standard InChI is InChI=1S/C7H14N2O3/c1-7(2)9(6(10)11)5(3-8)4-12-7/h5H,3-4,8H2,1-2H3,(H,10,11). The Morgan fingerprint density at radius 2 is 2.42 bits per heavy atom. The van der Waals surface area contributed by atoms with Gasteiger partial charge in [0.15, 0.2) is 0 Å². The molecular formula is C7H14N2O3. The minimum Gasteiger partial charge on any atom is -0.465 e. The fraction of sp³-hybridized carbons (Fsp3) is 0.857. The van der Waals surface area contributed by atoms with E-state index in [1.165, 1.54) is 4.90 Å². The summed E-state index contributed by atoms with van der Waals surface area (Å²) in [6.45, 7) is 4.12. The molecular weight excluding hydrogens is 160 g/mol. The largest absolute Gasteiger partial charge is 0.465 e. The Morgan fingerprint density at radius 1 is 1.83 bits per heavy atom. The van der Waals surface area contributed by atoms with Crippen LogP contribution in [0.2, 0.25) is 0 Å². The molecule has 0 saturated carbocycles. The van der Waals surface area contributed by atoms with Crippen LogP contribution in [-0.4, -0.2) is 41.0 Å². The summed E-state index contributed by atoms with van der Waals surface area (Å²) in [6.07, 6.45) is -0.979. The number of amides is 1. The Hall–Kier alpha value is -0.810. The van der Waals surface area contributed by atoms with Crippen molar-refractivity contribution in [2.45, 2.75) is 25.6 Å². The molecule has 1 fully saturated rings. The van der Waals surface area contributed by atoms with Gasteiger partial charge in [0.05, 0.1) is 12.6 Å². The number of carbonyl (C=O) groups is 1. The summed E-state index contributed by atoms with van der Waals surface area (Å²) >= 11 is 0. The topological polar surface area (TPSA) is 75.8 Å². The van der Waals surface area contributed by atoms with Crippen molar-refractivity contribution in [3.8, 4) is 0 Å². The summed E-state index contributed by atoms with van der Waals surface area (Å²) in [7, 11) is 0.